The lowest BCUT2D eigenvalue weighted by Gasteiger charge is -2.08. The smallest absolute Gasteiger partial charge is 0.306 e. The molecule has 0 saturated carbocycles. The maximum Gasteiger partial charge on any atom is 0.306 e. The SMILES string of the molecule is CC(C)OCCCNC(=O)COC(=O)CCc1nc2ccccc2s1. The van der Waals surface area contributed by atoms with E-state index >= 15 is 0 Å². The van der Waals surface area contributed by atoms with Crippen LogP contribution in [0.1, 0.15) is 31.7 Å². The zero-order valence-electron chi connectivity index (χ0n) is 14.6. The molecule has 2 aromatic rings. The van der Waals surface area contributed by atoms with E-state index in [0.717, 1.165) is 21.6 Å². The quantitative estimate of drug-likeness (QED) is 0.518. The second-order valence-electron chi connectivity index (χ2n) is 5.86. The third kappa shape index (κ3) is 7.19. The molecule has 0 radical (unpaired) electrons. The summed E-state index contributed by atoms with van der Waals surface area (Å²) in [6, 6.07) is 7.86. The van der Waals surface area contributed by atoms with E-state index in [1.54, 1.807) is 11.3 Å². The lowest BCUT2D eigenvalue weighted by Crippen LogP contribution is -2.30. The van der Waals surface area contributed by atoms with Crippen molar-refractivity contribution in [2.75, 3.05) is 19.8 Å². The largest absolute Gasteiger partial charge is 0.456 e. The third-order valence-corrected chi connectivity index (χ3v) is 4.44. The molecule has 0 aliphatic carbocycles. The molecule has 2 rings (SSSR count). The van der Waals surface area contributed by atoms with Gasteiger partial charge in [0.05, 0.1) is 27.7 Å². The van der Waals surface area contributed by atoms with Gasteiger partial charge in [0.15, 0.2) is 6.61 Å². The van der Waals surface area contributed by atoms with Gasteiger partial charge in [0.2, 0.25) is 0 Å². The molecular formula is C18H24N2O4S. The molecule has 1 heterocycles. The fourth-order valence-electron chi connectivity index (χ4n) is 2.12. The minimum Gasteiger partial charge on any atom is -0.456 e. The molecular weight excluding hydrogens is 340 g/mol. The molecule has 25 heavy (non-hydrogen) atoms. The average Bonchev–Trinajstić information content (AvgIpc) is 3.00. The van der Waals surface area contributed by atoms with Crippen LogP contribution < -0.4 is 5.32 Å². The number of benzene rings is 1. The number of aryl methyl sites for hydroxylation is 1. The van der Waals surface area contributed by atoms with Gasteiger partial charge >= 0.3 is 5.97 Å². The molecule has 0 saturated heterocycles. The summed E-state index contributed by atoms with van der Waals surface area (Å²) in [6.07, 6.45) is 1.66. The van der Waals surface area contributed by atoms with Crippen molar-refractivity contribution in [1.29, 1.82) is 0 Å². The lowest BCUT2D eigenvalue weighted by molar-refractivity contribution is -0.148. The number of fused-ring (bicyclic) bond motifs is 1. The van der Waals surface area contributed by atoms with Crippen molar-refractivity contribution in [1.82, 2.24) is 10.3 Å². The molecule has 1 aromatic carbocycles. The van der Waals surface area contributed by atoms with Crippen LogP contribution in [0.25, 0.3) is 10.2 Å². The van der Waals surface area contributed by atoms with E-state index in [-0.39, 0.29) is 25.0 Å². The number of esters is 1. The number of amides is 1. The van der Waals surface area contributed by atoms with Gasteiger partial charge in [-0.25, -0.2) is 4.98 Å². The van der Waals surface area contributed by atoms with Gasteiger partial charge in [0.1, 0.15) is 0 Å². The molecule has 1 aromatic heterocycles. The number of para-hydroxylation sites is 1. The molecule has 6 nitrogen and oxygen atoms in total. The van der Waals surface area contributed by atoms with Gasteiger partial charge < -0.3 is 14.8 Å². The van der Waals surface area contributed by atoms with Crippen molar-refractivity contribution in [3.05, 3.63) is 29.3 Å². The standard InChI is InChI=1S/C18H24N2O4S/c1-13(2)23-11-5-10-19-16(21)12-24-18(22)9-8-17-20-14-6-3-4-7-15(14)25-17/h3-4,6-7,13H,5,8-12H2,1-2H3,(H,19,21). The van der Waals surface area contributed by atoms with Gasteiger partial charge in [0, 0.05) is 19.6 Å². The van der Waals surface area contributed by atoms with Crippen molar-refractivity contribution in [2.45, 2.75) is 39.2 Å². The molecule has 136 valence electrons. The van der Waals surface area contributed by atoms with E-state index in [9.17, 15) is 9.59 Å². The zero-order chi connectivity index (χ0) is 18.1. The summed E-state index contributed by atoms with van der Waals surface area (Å²) in [5, 5.41) is 3.59. The zero-order valence-corrected chi connectivity index (χ0v) is 15.4. The summed E-state index contributed by atoms with van der Waals surface area (Å²) in [4.78, 5) is 27.8. The molecule has 0 aliphatic heterocycles. The van der Waals surface area contributed by atoms with Crippen LogP contribution in [-0.2, 0) is 25.5 Å². The molecule has 0 atom stereocenters. The highest BCUT2D eigenvalue weighted by Gasteiger charge is 2.10. The van der Waals surface area contributed by atoms with Gasteiger partial charge in [0.25, 0.3) is 5.91 Å². The summed E-state index contributed by atoms with van der Waals surface area (Å²) in [5.41, 5.74) is 0.941. The maximum absolute atomic E-state index is 11.7. The number of aromatic nitrogens is 1. The van der Waals surface area contributed by atoms with E-state index in [4.69, 9.17) is 9.47 Å². The fraction of sp³-hybridized carbons (Fsp3) is 0.500. The van der Waals surface area contributed by atoms with Crippen molar-refractivity contribution in [3.8, 4) is 0 Å². The normalized spacial score (nSPS) is 11.0. The Hall–Kier alpha value is -1.99. The lowest BCUT2D eigenvalue weighted by atomic mass is 10.3. The van der Waals surface area contributed by atoms with Crippen LogP contribution >= 0.6 is 11.3 Å². The molecule has 0 aliphatic rings. The third-order valence-electron chi connectivity index (χ3n) is 3.34. The first-order valence-corrected chi connectivity index (χ1v) is 9.24. The highest BCUT2D eigenvalue weighted by atomic mass is 32.1. The summed E-state index contributed by atoms with van der Waals surface area (Å²) in [7, 11) is 0. The molecule has 7 heteroatoms. The molecule has 0 spiro atoms. The Morgan fingerprint density at radius 3 is 2.84 bits per heavy atom. The van der Waals surface area contributed by atoms with E-state index < -0.39 is 5.97 Å². The minimum atomic E-state index is -0.391. The Kier molecular flexibility index (Phi) is 7.81. The van der Waals surface area contributed by atoms with E-state index in [2.05, 4.69) is 10.3 Å². The molecule has 0 bridgehead atoms. The van der Waals surface area contributed by atoms with Crippen LogP contribution in [0.5, 0.6) is 0 Å². The summed E-state index contributed by atoms with van der Waals surface area (Å²) < 4.78 is 11.5. The topological polar surface area (TPSA) is 77.5 Å². The number of nitrogens with zero attached hydrogens (tertiary/aromatic N) is 1. The van der Waals surface area contributed by atoms with Crippen molar-refractivity contribution >= 4 is 33.4 Å². The van der Waals surface area contributed by atoms with Gasteiger partial charge in [-0.15, -0.1) is 11.3 Å². The van der Waals surface area contributed by atoms with Crippen molar-refractivity contribution < 1.29 is 19.1 Å². The number of carbonyl (C=O) groups is 2. The van der Waals surface area contributed by atoms with Gasteiger partial charge in [-0.3, -0.25) is 9.59 Å². The number of rotatable bonds is 10. The number of carbonyl (C=O) groups excluding carboxylic acids is 2. The van der Waals surface area contributed by atoms with Crippen molar-refractivity contribution in [2.24, 2.45) is 0 Å². The molecule has 0 unspecified atom stereocenters. The van der Waals surface area contributed by atoms with E-state index in [1.807, 2.05) is 38.1 Å². The number of thiazole rings is 1. The van der Waals surface area contributed by atoms with Crippen LogP contribution in [0, 0.1) is 0 Å². The van der Waals surface area contributed by atoms with Crippen LogP contribution in [0.15, 0.2) is 24.3 Å². The number of nitrogens with one attached hydrogen (secondary N) is 1. The Morgan fingerprint density at radius 2 is 2.08 bits per heavy atom. The number of hydrogen-bond donors (Lipinski definition) is 1. The summed E-state index contributed by atoms with van der Waals surface area (Å²) >= 11 is 1.57. The molecule has 1 N–H and O–H groups in total. The molecule has 1 amide bonds. The first-order valence-electron chi connectivity index (χ1n) is 8.43. The van der Waals surface area contributed by atoms with E-state index in [1.165, 1.54) is 0 Å². The summed E-state index contributed by atoms with van der Waals surface area (Å²) in [5.74, 6) is -0.685. The van der Waals surface area contributed by atoms with E-state index in [0.29, 0.717) is 19.6 Å². The predicted octanol–water partition coefficient (Wildman–Crippen LogP) is 2.70. The second kappa shape index (κ2) is 10.1. The fourth-order valence-corrected chi connectivity index (χ4v) is 3.09. The Bertz CT molecular complexity index is 666. The van der Waals surface area contributed by atoms with Gasteiger partial charge in [-0.1, -0.05) is 12.1 Å². The number of hydrogen-bond acceptors (Lipinski definition) is 6. The summed E-state index contributed by atoms with van der Waals surface area (Å²) in [6.45, 7) is 4.79. The van der Waals surface area contributed by atoms with Gasteiger partial charge in [-0.2, -0.15) is 0 Å². The monoisotopic (exact) mass is 364 g/mol. The predicted molar refractivity (Wildman–Crippen MR) is 97.6 cm³/mol. The minimum absolute atomic E-state index is 0.187. The maximum atomic E-state index is 11.7. The Balaban J connectivity index is 1.59. The Labute approximate surface area is 151 Å². The second-order valence-corrected chi connectivity index (χ2v) is 6.97. The average molecular weight is 364 g/mol. The van der Waals surface area contributed by atoms with Gasteiger partial charge in [-0.05, 0) is 32.4 Å². The van der Waals surface area contributed by atoms with Crippen LogP contribution in [0.2, 0.25) is 0 Å². The van der Waals surface area contributed by atoms with Crippen LogP contribution in [0.4, 0.5) is 0 Å². The number of ether oxygens (including phenoxy) is 2. The Morgan fingerprint density at radius 1 is 1.28 bits per heavy atom. The molecule has 0 fully saturated rings. The first-order chi connectivity index (χ1) is 12.0. The highest BCUT2D eigenvalue weighted by molar-refractivity contribution is 7.18. The van der Waals surface area contributed by atoms with Crippen LogP contribution in [0.3, 0.4) is 0 Å². The highest BCUT2D eigenvalue weighted by Crippen LogP contribution is 2.22. The van der Waals surface area contributed by atoms with Crippen LogP contribution in [-0.4, -0.2) is 42.7 Å². The first kappa shape index (κ1) is 19.3. The van der Waals surface area contributed by atoms with Crippen molar-refractivity contribution in [3.63, 3.8) is 0 Å².